The van der Waals surface area contributed by atoms with Gasteiger partial charge in [-0.2, -0.15) is 0 Å². The number of fused-ring (bicyclic) bond motifs is 5. The molecule has 4 saturated carbocycles. The Kier molecular flexibility index (Phi) is 4.26. The fourth-order valence-corrected chi connectivity index (χ4v) is 8.94. The van der Waals surface area contributed by atoms with Crippen LogP contribution in [0.2, 0.25) is 0 Å². The second-order valence-corrected chi connectivity index (χ2v) is 11.5. The third-order valence-electron chi connectivity index (χ3n) is 9.25. The third-order valence-corrected chi connectivity index (χ3v) is 11.0. The summed E-state index contributed by atoms with van der Waals surface area (Å²) in [6, 6.07) is 0. The molecule has 0 saturated heterocycles. The molecular formula is C21H33BrO3. The molecule has 0 heterocycles. The van der Waals surface area contributed by atoms with E-state index in [9.17, 15) is 15.0 Å². The monoisotopic (exact) mass is 412 g/mol. The van der Waals surface area contributed by atoms with E-state index in [4.69, 9.17) is 0 Å². The fourth-order valence-electron chi connectivity index (χ4n) is 7.88. The molecule has 0 bridgehead atoms. The summed E-state index contributed by atoms with van der Waals surface area (Å²) in [5, 5.41) is 21.4. The lowest BCUT2D eigenvalue weighted by molar-refractivity contribution is -0.155. The molecule has 0 amide bonds. The summed E-state index contributed by atoms with van der Waals surface area (Å²) in [5.41, 5.74) is 0.160. The van der Waals surface area contributed by atoms with Crippen LogP contribution in [0.3, 0.4) is 0 Å². The van der Waals surface area contributed by atoms with Gasteiger partial charge in [0.2, 0.25) is 0 Å². The average Bonchev–Trinajstić information content (AvgIpc) is 2.88. The number of hydrogen-bond acceptors (Lipinski definition) is 3. The van der Waals surface area contributed by atoms with Crippen molar-refractivity contribution in [3.8, 4) is 0 Å². The molecule has 3 nitrogen and oxygen atoms in total. The molecule has 142 valence electrons. The SMILES string of the molecule is CC(=O)[C@H]1CCC2C3C[C@@H](O)[C@@]4(Br)C[C@@H](O)CC[C@]4(C)C3CC[C@@]21C. The smallest absolute Gasteiger partial charge is 0.133 e. The maximum atomic E-state index is 12.2. The molecule has 0 aromatic heterocycles. The molecule has 9 atom stereocenters. The minimum Gasteiger partial charge on any atom is -0.393 e. The Balaban J connectivity index is 1.69. The summed E-state index contributed by atoms with van der Waals surface area (Å²) in [6.07, 6.45) is 7.07. The van der Waals surface area contributed by atoms with Crippen molar-refractivity contribution in [3.63, 3.8) is 0 Å². The predicted molar refractivity (Wildman–Crippen MR) is 101 cm³/mol. The fraction of sp³-hybridized carbons (Fsp3) is 0.952. The number of rotatable bonds is 1. The van der Waals surface area contributed by atoms with Crippen molar-refractivity contribution in [2.45, 2.75) is 88.7 Å². The topological polar surface area (TPSA) is 57.5 Å². The van der Waals surface area contributed by atoms with Crippen molar-refractivity contribution in [1.29, 1.82) is 0 Å². The van der Waals surface area contributed by atoms with Crippen molar-refractivity contribution < 1.29 is 15.0 Å². The first-order chi connectivity index (χ1) is 11.6. The van der Waals surface area contributed by atoms with Crippen LogP contribution in [-0.2, 0) is 4.79 Å². The zero-order chi connectivity index (χ0) is 18.2. The number of hydrogen-bond donors (Lipinski definition) is 2. The van der Waals surface area contributed by atoms with Gasteiger partial charge in [-0.15, -0.1) is 0 Å². The number of aliphatic hydroxyl groups is 2. The van der Waals surface area contributed by atoms with Gasteiger partial charge in [-0.3, -0.25) is 4.79 Å². The van der Waals surface area contributed by atoms with Gasteiger partial charge in [0.15, 0.2) is 0 Å². The van der Waals surface area contributed by atoms with Gasteiger partial charge in [0, 0.05) is 5.92 Å². The minimum absolute atomic E-state index is 0.0319. The van der Waals surface area contributed by atoms with Crippen LogP contribution >= 0.6 is 15.9 Å². The van der Waals surface area contributed by atoms with Gasteiger partial charge in [0.05, 0.1) is 16.5 Å². The molecule has 4 aliphatic carbocycles. The number of aliphatic hydroxyl groups excluding tert-OH is 2. The van der Waals surface area contributed by atoms with E-state index in [-0.39, 0.29) is 27.2 Å². The van der Waals surface area contributed by atoms with E-state index < -0.39 is 6.10 Å². The van der Waals surface area contributed by atoms with Crippen LogP contribution in [-0.4, -0.2) is 32.5 Å². The van der Waals surface area contributed by atoms with E-state index in [0.717, 1.165) is 44.9 Å². The molecular weight excluding hydrogens is 380 g/mol. The zero-order valence-corrected chi connectivity index (χ0v) is 17.4. The van der Waals surface area contributed by atoms with Crippen molar-refractivity contribution in [1.82, 2.24) is 0 Å². The minimum atomic E-state index is -0.410. The van der Waals surface area contributed by atoms with Gasteiger partial charge >= 0.3 is 0 Å². The van der Waals surface area contributed by atoms with Crippen LogP contribution in [0.15, 0.2) is 0 Å². The number of carbonyl (C=O) groups excluding carboxylic acids is 1. The van der Waals surface area contributed by atoms with Gasteiger partial charge in [-0.25, -0.2) is 0 Å². The average molecular weight is 413 g/mol. The highest BCUT2D eigenvalue weighted by Crippen LogP contribution is 2.70. The maximum absolute atomic E-state index is 12.2. The highest BCUT2D eigenvalue weighted by Gasteiger charge is 2.67. The summed E-state index contributed by atoms with van der Waals surface area (Å²) in [7, 11) is 0. The van der Waals surface area contributed by atoms with E-state index in [1.807, 2.05) is 0 Å². The maximum Gasteiger partial charge on any atom is 0.133 e. The first-order valence-corrected chi connectivity index (χ1v) is 11.0. The largest absolute Gasteiger partial charge is 0.393 e. The highest BCUT2D eigenvalue weighted by atomic mass is 79.9. The number of carbonyl (C=O) groups is 1. The van der Waals surface area contributed by atoms with E-state index >= 15 is 0 Å². The number of alkyl halides is 1. The second kappa shape index (κ2) is 5.78. The highest BCUT2D eigenvalue weighted by molar-refractivity contribution is 9.10. The quantitative estimate of drug-likeness (QED) is 0.637. The van der Waals surface area contributed by atoms with Crippen LogP contribution < -0.4 is 0 Å². The summed E-state index contributed by atoms with van der Waals surface area (Å²) in [4.78, 5) is 12.2. The summed E-state index contributed by atoms with van der Waals surface area (Å²) in [5.74, 6) is 2.25. The van der Waals surface area contributed by atoms with E-state index in [1.165, 1.54) is 0 Å². The second-order valence-electron chi connectivity index (χ2n) is 10.1. The summed E-state index contributed by atoms with van der Waals surface area (Å²) < 4.78 is -0.356. The Bertz CT molecular complexity index is 579. The Morgan fingerprint density at radius 1 is 1.04 bits per heavy atom. The third kappa shape index (κ3) is 2.32. The van der Waals surface area contributed by atoms with Gasteiger partial charge in [-0.1, -0.05) is 29.8 Å². The van der Waals surface area contributed by atoms with Crippen LogP contribution in [0.1, 0.15) is 72.1 Å². The molecule has 4 aliphatic rings. The molecule has 2 N–H and O–H groups in total. The van der Waals surface area contributed by atoms with E-state index in [1.54, 1.807) is 6.92 Å². The van der Waals surface area contributed by atoms with Crippen LogP contribution in [0.5, 0.6) is 0 Å². The molecule has 0 radical (unpaired) electrons. The first kappa shape index (κ1) is 18.4. The molecule has 3 unspecified atom stereocenters. The molecule has 4 heteroatoms. The van der Waals surface area contributed by atoms with Gasteiger partial charge in [0.25, 0.3) is 0 Å². The van der Waals surface area contributed by atoms with E-state index in [0.29, 0.717) is 30.0 Å². The van der Waals surface area contributed by atoms with Gasteiger partial charge < -0.3 is 10.2 Å². The number of ketones is 1. The van der Waals surface area contributed by atoms with E-state index in [2.05, 4.69) is 29.8 Å². The standard InChI is InChI=1S/C21H33BrO3/c1-12(23)15-4-5-16-14-10-18(25)21(22)11-13(24)6-9-20(21,3)17(14)7-8-19(15,16)2/h13-18,24-25H,4-11H2,1-3H3/t13-,14?,15+,16?,17?,18+,19+,20+,21-/m0/s1. The van der Waals surface area contributed by atoms with Crippen molar-refractivity contribution in [2.75, 3.05) is 0 Å². The Morgan fingerprint density at radius 3 is 2.44 bits per heavy atom. The van der Waals surface area contributed by atoms with Crippen molar-refractivity contribution in [2.24, 2.45) is 34.5 Å². The Labute approximate surface area is 160 Å². The molecule has 0 spiro atoms. The van der Waals surface area contributed by atoms with Crippen LogP contribution in [0.25, 0.3) is 0 Å². The van der Waals surface area contributed by atoms with Crippen molar-refractivity contribution >= 4 is 21.7 Å². The molecule has 0 aromatic rings. The number of halogens is 1. The summed E-state index contributed by atoms with van der Waals surface area (Å²) >= 11 is 3.95. The predicted octanol–water partition coefficient (Wildman–Crippen LogP) is 4.08. The normalized spacial score (nSPS) is 58.2. The van der Waals surface area contributed by atoms with Crippen LogP contribution in [0, 0.1) is 34.5 Å². The lowest BCUT2D eigenvalue weighted by Gasteiger charge is -2.65. The molecule has 0 aromatic carbocycles. The Hall–Kier alpha value is 0.0700. The van der Waals surface area contributed by atoms with Gasteiger partial charge in [0.1, 0.15) is 5.78 Å². The molecule has 4 fully saturated rings. The van der Waals surface area contributed by atoms with Crippen LogP contribution in [0.4, 0.5) is 0 Å². The zero-order valence-electron chi connectivity index (χ0n) is 15.8. The molecule has 0 aliphatic heterocycles. The van der Waals surface area contributed by atoms with Gasteiger partial charge in [-0.05, 0) is 86.9 Å². The molecule has 25 heavy (non-hydrogen) atoms. The summed E-state index contributed by atoms with van der Waals surface area (Å²) in [6.45, 7) is 6.48. The molecule has 4 rings (SSSR count). The lowest BCUT2D eigenvalue weighted by atomic mass is 9.44. The van der Waals surface area contributed by atoms with Crippen molar-refractivity contribution in [3.05, 3.63) is 0 Å². The Morgan fingerprint density at radius 2 is 1.76 bits per heavy atom. The first-order valence-electron chi connectivity index (χ1n) is 10.2. The number of Topliss-reactive ketones (excluding diaryl/α,β-unsaturated/α-hetero) is 1. The lowest BCUT2D eigenvalue weighted by Crippen LogP contribution is -2.65.